The maximum absolute atomic E-state index is 13.1. The Bertz CT molecular complexity index is 1200. The summed E-state index contributed by atoms with van der Waals surface area (Å²) in [5.41, 5.74) is 3.23. The summed E-state index contributed by atoms with van der Waals surface area (Å²) in [5, 5.41) is 10.7. The molecule has 4 rings (SSSR count). The van der Waals surface area contributed by atoms with Crippen LogP contribution in [-0.2, 0) is 6.42 Å². The zero-order valence-corrected chi connectivity index (χ0v) is 17.8. The van der Waals surface area contributed by atoms with Crippen LogP contribution in [0.4, 0.5) is 0 Å². The molecule has 1 aliphatic heterocycles. The van der Waals surface area contributed by atoms with E-state index < -0.39 is 0 Å². The van der Waals surface area contributed by atoms with Gasteiger partial charge in [0.1, 0.15) is 6.61 Å². The van der Waals surface area contributed by atoms with Gasteiger partial charge < -0.3 is 19.7 Å². The molecule has 1 amide bonds. The van der Waals surface area contributed by atoms with Crippen molar-refractivity contribution in [2.75, 3.05) is 20.3 Å². The normalized spacial score (nSPS) is 15.5. The zero-order chi connectivity index (χ0) is 21.4. The van der Waals surface area contributed by atoms with Crippen molar-refractivity contribution < 1.29 is 14.6 Å². The van der Waals surface area contributed by atoms with Gasteiger partial charge in [-0.2, -0.15) is 0 Å². The van der Waals surface area contributed by atoms with E-state index in [4.69, 9.17) is 33.0 Å². The number of ether oxygens (including phenoxy) is 1. The topological polar surface area (TPSA) is 91.3 Å². The molecule has 0 aliphatic carbocycles. The second-order valence-corrected chi connectivity index (χ2v) is 7.60. The van der Waals surface area contributed by atoms with Crippen LogP contribution in [-0.4, -0.2) is 51.1 Å². The molecular formula is C21H18Cl2N4O3. The Kier molecular flexibility index (Phi) is 5.56. The highest BCUT2D eigenvalue weighted by atomic mass is 35.5. The lowest BCUT2D eigenvalue weighted by Gasteiger charge is -2.33. The van der Waals surface area contributed by atoms with Gasteiger partial charge in [0.05, 0.1) is 41.1 Å². The highest BCUT2D eigenvalue weighted by molar-refractivity contribution is 6.45. The first-order valence-corrected chi connectivity index (χ1v) is 10.0. The van der Waals surface area contributed by atoms with Gasteiger partial charge in [-0.25, -0.2) is 9.97 Å². The summed E-state index contributed by atoms with van der Waals surface area (Å²) in [6.45, 7) is 2.17. The number of hydrogen-bond acceptors (Lipinski definition) is 5. The van der Waals surface area contributed by atoms with Crippen LogP contribution in [0.25, 0.3) is 10.9 Å². The fourth-order valence-corrected chi connectivity index (χ4v) is 4.20. The zero-order valence-electron chi connectivity index (χ0n) is 16.3. The number of aliphatic hydroxyl groups excluding tert-OH is 1. The molecule has 2 N–H and O–H groups in total. The largest absolute Gasteiger partial charge is 0.494 e. The summed E-state index contributed by atoms with van der Waals surface area (Å²) in [4.78, 5) is 26.4. The number of aromatic nitrogens is 3. The fourth-order valence-electron chi connectivity index (χ4n) is 3.80. The summed E-state index contributed by atoms with van der Waals surface area (Å²) in [7, 11) is 1.51. The van der Waals surface area contributed by atoms with Gasteiger partial charge in [-0.1, -0.05) is 35.0 Å². The number of aromatic amines is 1. The number of nitrogens with zero attached hydrogens (tertiary/aromatic N) is 3. The van der Waals surface area contributed by atoms with Gasteiger partial charge in [0.2, 0.25) is 5.82 Å². The number of carbonyl (C=O) groups excluding carboxylic acids is 1. The van der Waals surface area contributed by atoms with Gasteiger partial charge in [0, 0.05) is 35.2 Å². The molecule has 0 radical (unpaired) electrons. The van der Waals surface area contributed by atoms with Gasteiger partial charge >= 0.3 is 0 Å². The number of H-pyrrole nitrogens is 1. The number of methoxy groups -OCH3 is 1. The first-order valence-electron chi connectivity index (χ1n) is 9.25. The smallest absolute Gasteiger partial charge is 0.292 e. The van der Waals surface area contributed by atoms with E-state index in [-0.39, 0.29) is 24.4 Å². The number of aliphatic hydroxyl groups is 1. The average Bonchev–Trinajstić information content (AvgIpc) is 3.16. The Morgan fingerprint density at radius 3 is 2.80 bits per heavy atom. The molecule has 30 heavy (non-hydrogen) atoms. The number of halogens is 2. The van der Waals surface area contributed by atoms with Gasteiger partial charge in [-0.15, -0.1) is 0 Å². The third-order valence-corrected chi connectivity index (χ3v) is 5.98. The van der Waals surface area contributed by atoms with Crippen LogP contribution in [0, 0.1) is 11.8 Å². The molecule has 2 aromatic heterocycles. The van der Waals surface area contributed by atoms with Crippen molar-refractivity contribution in [2.24, 2.45) is 0 Å². The van der Waals surface area contributed by atoms with E-state index in [2.05, 4.69) is 26.8 Å². The fraction of sp³-hybridized carbons (Fsp3) is 0.286. The minimum atomic E-state index is -0.274. The van der Waals surface area contributed by atoms with E-state index in [1.165, 1.54) is 19.5 Å². The van der Waals surface area contributed by atoms with Crippen molar-refractivity contribution in [1.29, 1.82) is 0 Å². The number of carbonyl (C=O) groups is 1. The Hall–Kier alpha value is -2.79. The summed E-state index contributed by atoms with van der Waals surface area (Å²) in [5.74, 6) is 5.92. The molecule has 0 spiro atoms. The van der Waals surface area contributed by atoms with E-state index >= 15 is 0 Å². The van der Waals surface area contributed by atoms with Crippen LogP contribution in [0.3, 0.4) is 0 Å². The molecule has 9 heteroatoms. The molecular weight excluding hydrogens is 427 g/mol. The number of hydrogen-bond donors (Lipinski definition) is 2. The summed E-state index contributed by atoms with van der Waals surface area (Å²) < 4.78 is 5.06. The van der Waals surface area contributed by atoms with E-state index in [1.54, 1.807) is 11.0 Å². The summed E-state index contributed by atoms with van der Waals surface area (Å²) in [6.07, 6.45) is 3.55. The average molecular weight is 445 g/mol. The van der Waals surface area contributed by atoms with Gasteiger partial charge in [0.25, 0.3) is 5.91 Å². The van der Waals surface area contributed by atoms with Crippen molar-refractivity contribution in [2.45, 2.75) is 19.4 Å². The van der Waals surface area contributed by atoms with Gasteiger partial charge in [0.15, 0.2) is 5.75 Å². The third kappa shape index (κ3) is 3.37. The molecule has 0 saturated carbocycles. The second kappa shape index (κ2) is 8.15. The van der Waals surface area contributed by atoms with Crippen molar-refractivity contribution in [3.8, 4) is 17.6 Å². The Labute approximate surface area is 183 Å². The predicted octanol–water partition coefficient (Wildman–Crippen LogP) is 3.38. The predicted molar refractivity (Wildman–Crippen MR) is 114 cm³/mol. The van der Waals surface area contributed by atoms with Crippen molar-refractivity contribution >= 4 is 40.0 Å². The highest BCUT2D eigenvalue weighted by Crippen LogP contribution is 2.42. The van der Waals surface area contributed by atoms with Crippen molar-refractivity contribution in [3.05, 3.63) is 51.2 Å². The number of benzene rings is 1. The molecule has 0 bridgehead atoms. The third-order valence-electron chi connectivity index (χ3n) is 5.20. The molecule has 0 unspecified atom stereocenters. The molecule has 0 fully saturated rings. The number of nitrogens with one attached hydrogen (secondary N) is 1. The molecule has 3 aromatic rings. The molecule has 7 nitrogen and oxygen atoms in total. The monoisotopic (exact) mass is 444 g/mol. The minimum absolute atomic E-state index is 0.104. The lowest BCUT2D eigenvalue weighted by molar-refractivity contribution is 0.0665. The van der Waals surface area contributed by atoms with Gasteiger partial charge in [-0.05, 0) is 13.0 Å². The van der Waals surface area contributed by atoms with E-state index in [9.17, 15) is 4.79 Å². The van der Waals surface area contributed by atoms with E-state index in [0.29, 0.717) is 39.8 Å². The van der Waals surface area contributed by atoms with Crippen molar-refractivity contribution in [3.63, 3.8) is 0 Å². The highest BCUT2D eigenvalue weighted by Gasteiger charge is 2.33. The number of rotatable bonds is 2. The Morgan fingerprint density at radius 2 is 2.13 bits per heavy atom. The van der Waals surface area contributed by atoms with Gasteiger partial charge in [-0.3, -0.25) is 4.79 Å². The van der Waals surface area contributed by atoms with E-state index in [1.807, 2.05) is 6.92 Å². The lowest BCUT2D eigenvalue weighted by atomic mass is 9.94. The molecule has 1 aromatic carbocycles. The molecule has 0 saturated heterocycles. The van der Waals surface area contributed by atoms with Crippen molar-refractivity contribution in [1.82, 2.24) is 19.9 Å². The number of fused-ring (bicyclic) bond motifs is 3. The molecule has 3 heterocycles. The van der Waals surface area contributed by atoms with Crippen LogP contribution in [0.5, 0.6) is 5.75 Å². The standard InChI is InChI=1S/C21H18Cl2N4O3/c1-11-16-15(5-6-27(11)21(29)20-24-9-13(30-2)10-25-20)26-19-17(16)12(4-3-7-28)8-14(22)18(19)23/h8-11,26,28H,5-7H2,1-2H3/t11-/m1/s1. The molecule has 1 aliphatic rings. The van der Waals surface area contributed by atoms with Crippen LogP contribution in [0.1, 0.15) is 40.4 Å². The van der Waals surface area contributed by atoms with Crippen LogP contribution in [0.15, 0.2) is 18.5 Å². The lowest BCUT2D eigenvalue weighted by Crippen LogP contribution is -2.39. The number of amides is 1. The molecule has 1 atom stereocenters. The summed E-state index contributed by atoms with van der Waals surface area (Å²) in [6, 6.07) is 1.41. The first kappa shape index (κ1) is 20.5. The van der Waals surface area contributed by atoms with Crippen LogP contribution in [0.2, 0.25) is 10.0 Å². The first-order chi connectivity index (χ1) is 14.5. The maximum Gasteiger partial charge on any atom is 0.292 e. The van der Waals surface area contributed by atoms with Crippen LogP contribution >= 0.6 is 23.2 Å². The SMILES string of the molecule is COc1cnc(C(=O)N2CCc3[nH]c4c(Cl)c(Cl)cc(C#CCO)c4c3[C@H]2C)nc1. The maximum atomic E-state index is 13.1. The quantitative estimate of drug-likeness (QED) is 0.591. The van der Waals surface area contributed by atoms with E-state index in [0.717, 1.165) is 16.6 Å². The second-order valence-electron chi connectivity index (χ2n) is 6.82. The Balaban J connectivity index is 1.80. The molecule has 154 valence electrons. The minimum Gasteiger partial charge on any atom is -0.494 e. The van der Waals surface area contributed by atoms with Crippen LogP contribution < -0.4 is 4.74 Å². The summed E-state index contributed by atoms with van der Waals surface area (Å²) >= 11 is 12.7. The Morgan fingerprint density at radius 1 is 1.40 bits per heavy atom.